The maximum atomic E-state index is 11.8. The second-order valence-corrected chi connectivity index (χ2v) is 5.36. The number of hydrazine groups is 1. The van der Waals surface area contributed by atoms with Gasteiger partial charge >= 0.3 is 0 Å². The molecule has 0 radical (unpaired) electrons. The molecule has 18 heavy (non-hydrogen) atoms. The lowest BCUT2D eigenvalue weighted by atomic mass is 9.96. The van der Waals surface area contributed by atoms with E-state index in [-0.39, 0.29) is 5.91 Å². The molecule has 0 bridgehead atoms. The zero-order valence-corrected chi connectivity index (χ0v) is 10.9. The van der Waals surface area contributed by atoms with Crippen LogP contribution < -0.4 is 10.9 Å². The summed E-state index contributed by atoms with van der Waals surface area (Å²) < 4.78 is 0. The van der Waals surface area contributed by atoms with Crippen LogP contribution in [0, 0.1) is 5.41 Å². The third-order valence-electron chi connectivity index (χ3n) is 2.78. The van der Waals surface area contributed by atoms with Gasteiger partial charge in [-0.05, 0) is 11.5 Å². The summed E-state index contributed by atoms with van der Waals surface area (Å²) in [5.41, 5.74) is 6.24. The van der Waals surface area contributed by atoms with E-state index >= 15 is 0 Å². The molecule has 0 aliphatic carbocycles. The summed E-state index contributed by atoms with van der Waals surface area (Å²) in [7, 11) is 0. The van der Waals surface area contributed by atoms with Crippen LogP contribution in [0.25, 0.3) is 10.8 Å². The van der Waals surface area contributed by atoms with Gasteiger partial charge in [-0.1, -0.05) is 57.2 Å². The van der Waals surface area contributed by atoms with Crippen LogP contribution in [0.2, 0.25) is 0 Å². The molecule has 0 aromatic heterocycles. The van der Waals surface area contributed by atoms with Gasteiger partial charge in [0, 0.05) is 10.8 Å². The van der Waals surface area contributed by atoms with Crippen molar-refractivity contribution in [2.75, 3.05) is 5.43 Å². The Hall–Kier alpha value is -2.03. The molecule has 0 unspecified atom stereocenters. The van der Waals surface area contributed by atoms with Crippen molar-refractivity contribution in [2.45, 2.75) is 20.8 Å². The number of rotatable bonds is 2. The summed E-state index contributed by atoms with van der Waals surface area (Å²) in [6.07, 6.45) is 0. The third-order valence-corrected chi connectivity index (χ3v) is 2.78. The van der Waals surface area contributed by atoms with E-state index in [0.29, 0.717) is 0 Å². The second kappa shape index (κ2) is 4.69. The molecule has 3 heteroatoms. The normalized spacial score (nSPS) is 11.3. The topological polar surface area (TPSA) is 41.1 Å². The summed E-state index contributed by atoms with van der Waals surface area (Å²) >= 11 is 0. The molecule has 3 nitrogen and oxygen atoms in total. The van der Waals surface area contributed by atoms with Gasteiger partial charge in [0.1, 0.15) is 0 Å². The van der Waals surface area contributed by atoms with Gasteiger partial charge in [0.25, 0.3) is 0 Å². The lowest BCUT2D eigenvalue weighted by molar-refractivity contribution is -0.127. The van der Waals surface area contributed by atoms with E-state index in [9.17, 15) is 4.79 Å². The Morgan fingerprint density at radius 1 is 1.00 bits per heavy atom. The Kier molecular flexibility index (Phi) is 3.24. The Morgan fingerprint density at radius 2 is 1.67 bits per heavy atom. The van der Waals surface area contributed by atoms with Gasteiger partial charge in [-0.15, -0.1) is 0 Å². The van der Waals surface area contributed by atoms with Crippen LogP contribution in [0.3, 0.4) is 0 Å². The first-order chi connectivity index (χ1) is 8.48. The van der Waals surface area contributed by atoms with Crippen LogP contribution in [-0.2, 0) is 4.79 Å². The van der Waals surface area contributed by atoms with E-state index in [0.717, 1.165) is 16.5 Å². The monoisotopic (exact) mass is 242 g/mol. The maximum absolute atomic E-state index is 11.8. The quantitative estimate of drug-likeness (QED) is 0.793. The Morgan fingerprint density at radius 3 is 2.39 bits per heavy atom. The fourth-order valence-corrected chi connectivity index (χ4v) is 1.65. The van der Waals surface area contributed by atoms with E-state index in [2.05, 4.69) is 10.9 Å². The molecule has 2 rings (SSSR count). The molecule has 0 atom stereocenters. The van der Waals surface area contributed by atoms with E-state index in [1.54, 1.807) is 0 Å². The SMILES string of the molecule is CC(C)(C)C(=O)NNc1cccc2ccccc12. The molecule has 0 aliphatic heterocycles. The predicted molar refractivity (Wildman–Crippen MR) is 75.2 cm³/mol. The van der Waals surface area contributed by atoms with Crippen LogP contribution in [0.5, 0.6) is 0 Å². The molecular weight excluding hydrogens is 224 g/mol. The van der Waals surface area contributed by atoms with Crippen LogP contribution in [0.1, 0.15) is 20.8 Å². The number of carbonyl (C=O) groups excluding carboxylic acids is 1. The first-order valence-corrected chi connectivity index (χ1v) is 6.03. The Labute approximate surface area is 107 Å². The molecule has 1 amide bonds. The van der Waals surface area contributed by atoms with Gasteiger partial charge in [-0.3, -0.25) is 15.6 Å². The zero-order chi connectivity index (χ0) is 13.2. The fourth-order valence-electron chi connectivity index (χ4n) is 1.65. The highest BCUT2D eigenvalue weighted by molar-refractivity contribution is 5.94. The number of benzene rings is 2. The largest absolute Gasteiger partial charge is 0.298 e. The average Bonchev–Trinajstić information content (AvgIpc) is 2.34. The molecule has 0 saturated carbocycles. The molecule has 2 N–H and O–H groups in total. The average molecular weight is 242 g/mol. The van der Waals surface area contributed by atoms with Crippen molar-refractivity contribution >= 4 is 22.4 Å². The summed E-state index contributed by atoms with van der Waals surface area (Å²) in [6.45, 7) is 5.65. The minimum atomic E-state index is -0.405. The van der Waals surface area contributed by atoms with Crippen molar-refractivity contribution in [3.8, 4) is 0 Å². The maximum Gasteiger partial charge on any atom is 0.243 e. The highest BCUT2D eigenvalue weighted by atomic mass is 16.2. The molecule has 0 fully saturated rings. The standard InChI is InChI=1S/C15H18N2O/c1-15(2,3)14(18)17-16-13-10-6-8-11-7-4-5-9-12(11)13/h4-10,16H,1-3H3,(H,17,18). The van der Waals surface area contributed by atoms with E-state index in [4.69, 9.17) is 0 Å². The van der Waals surface area contributed by atoms with Crippen molar-refractivity contribution in [3.63, 3.8) is 0 Å². The molecule has 0 saturated heterocycles. The lowest BCUT2D eigenvalue weighted by Gasteiger charge is -2.19. The van der Waals surface area contributed by atoms with E-state index < -0.39 is 5.41 Å². The number of nitrogens with one attached hydrogen (secondary N) is 2. The van der Waals surface area contributed by atoms with Gasteiger partial charge in [0.2, 0.25) is 5.91 Å². The predicted octanol–water partition coefficient (Wildman–Crippen LogP) is 3.33. The first kappa shape index (κ1) is 12.4. The van der Waals surface area contributed by atoms with Crippen molar-refractivity contribution < 1.29 is 4.79 Å². The molecule has 2 aromatic carbocycles. The Balaban J connectivity index is 2.20. The van der Waals surface area contributed by atoms with Gasteiger partial charge in [0.15, 0.2) is 0 Å². The second-order valence-electron chi connectivity index (χ2n) is 5.36. The summed E-state index contributed by atoms with van der Waals surface area (Å²) in [4.78, 5) is 11.8. The van der Waals surface area contributed by atoms with Crippen LogP contribution in [0.4, 0.5) is 5.69 Å². The number of hydrogen-bond donors (Lipinski definition) is 2. The number of hydrogen-bond acceptors (Lipinski definition) is 2. The van der Waals surface area contributed by atoms with Crippen LogP contribution >= 0.6 is 0 Å². The highest BCUT2D eigenvalue weighted by Gasteiger charge is 2.20. The number of carbonyl (C=O) groups is 1. The van der Waals surface area contributed by atoms with Crippen molar-refractivity contribution in [3.05, 3.63) is 42.5 Å². The zero-order valence-electron chi connectivity index (χ0n) is 10.9. The minimum absolute atomic E-state index is 0.0320. The molecule has 0 spiro atoms. The summed E-state index contributed by atoms with van der Waals surface area (Å²) in [5.74, 6) is -0.0320. The van der Waals surface area contributed by atoms with Gasteiger partial charge < -0.3 is 0 Å². The summed E-state index contributed by atoms with van der Waals surface area (Å²) in [6, 6.07) is 14.0. The molecule has 0 aliphatic rings. The fraction of sp³-hybridized carbons (Fsp3) is 0.267. The Bertz CT molecular complexity index is 565. The number of anilines is 1. The number of amides is 1. The van der Waals surface area contributed by atoms with E-state index in [1.807, 2.05) is 63.2 Å². The van der Waals surface area contributed by atoms with Crippen molar-refractivity contribution in [1.82, 2.24) is 5.43 Å². The highest BCUT2D eigenvalue weighted by Crippen LogP contribution is 2.22. The summed E-state index contributed by atoms with van der Waals surface area (Å²) in [5, 5.41) is 2.24. The first-order valence-electron chi connectivity index (χ1n) is 6.03. The molecule has 2 aromatic rings. The third kappa shape index (κ3) is 2.62. The van der Waals surface area contributed by atoms with Gasteiger partial charge in [-0.2, -0.15) is 0 Å². The van der Waals surface area contributed by atoms with Crippen LogP contribution in [0.15, 0.2) is 42.5 Å². The molecule has 94 valence electrons. The van der Waals surface area contributed by atoms with Gasteiger partial charge in [-0.25, -0.2) is 0 Å². The molecular formula is C15H18N2O. The van der Waals surface area contributed by atoms with Gasteiger partial charge in [0.05, 0.1) is 5.69 Å². The lowest BCUT2D eigenvalue weighted by Crippen LogP contribution is -2.38. The molecule has 0 heterocycles. The minimum Gasteiger partial charge on any atom is -0.298 e. The van der Waals surface area contributed by atoms with Crippen molar-refractivity contribution in [1.29, 1.82) is 0 Å². The van der Waals surface area contributed by atoms with Crippen LogP contribution in [-0.4, -0.2) is 5.91 Å². The smallest absolute Gasteiger partial charge is 0.243 e. The number of fused-ring (bicyclic) bond motifs is 1. The van der Waals surface area contributed by atoms with Crippen molar-refractivity contribution in [2.24, 2.45) is 5.41 Å². The van der Waals surface area contributed by atoms with E-state index in [1.165, 1.54) is 0 Å².